The smallest absolute Gasteiger partial charge is 0.317 e. The summed E-state index contributed by atoms with van der Waals surface area (Å²) in [5, 5.41) is 15.2. The third-order valence-corrected chi connectivity index (χ3v) is 8.56. The molecule has 4 rings (SSSR count). The molecular formula is C33H48N6O7. The van der Waals surface area contributed by atoms with Crippen LogP contribution in [0.5, 0.6) is 11.5 Å². The Morgan fingerprint density at radius 3 is 2.35 bits per heavy atom. The number of amides is 4. The maximum Gasteiger partial charge on any atom is 0.317 e. The van der Waals surface area contributed by atoms with Crippen LogP contribution in [-0.2, 0) is 36.1 Å². The van der Waals surface area contributed by atoms with Crippen molar-refractivity contribution in [2.24, 2.45) is 7.05 Å². The Morgan fingerprint density at radius 2 is 1.72 bits per heavy atom. The van der Waals surface area contributed by atoms with Crippen LogP contribution in [0.15, 0.2) is 23.1 Å². The summed E-state index contributed by atoms with van der Waals surface area (Å²) in [7, 11) is 8.95. The SMILES string of the molecule is COc1cc(-c2cn(C)c(=O)c3c2CCN(C(=O)NCCCCCC(=O)NCC(=O)N2CCC(O)C2)C3)cc(OC)c1CN(C)C. The number of aromatic nitrogens is 1. The summed E-state index contributed by atoms with van der Waals surface area (Å²) in [4.78, 5) is 55.7. The fraction of sp³-hybridized carbons (Fsp3) is 0.576. The van der Waals surface area contributed by atoms with Crippen molar-refractivity contribution in [2.75, 3.05) is 61.0 Å². The number of aliphatic hydroxyl groups excluding tert-OH is 1. The first-order valence-electron chi connectivity index (χ1n) is 15.9. The number of aliphatic hydroxyl groups is 1. The Morgan fingerprint density at radius 1 is 1.00 bits per heavy atom. The zero-order valence-corrected chi connectivity index (χ0v) is 27.7. The van der Waals surface area contributed by atoms with E-state index in [0.717, 1.165) is 28.7 Å². The molecule has 1 aromatic carbocycles. The summed E-state index contributed by atoms with van der Waals surface area (Å²) >= 11 is 0. The molecule has 3 heterocycles. The van der Waals surface area contributed by atoms with Crippen LogP contribution in [0.2, 0.25) is 0 Å². The summed E-state index contributed by atoms with van der Waals surface area (Å²) in [5.74, 6) is 1.04. The molecule has 1 fully saturated rings. The highest BCUT2D eigenvalue weighted by molar-refractivity contribution is 5.85. The molecule has 1 aromatic heterocycles. The highest BCUT2D eigenvalue weighted by Crippen LogP contribution is 2.38. The van der Waals surface area contributed by atoms with Gasteiger partial charge in [-0.05, 0) is 63.0 Å². The first kappa shape index (κ1) is 34.8. The molecule has 2 aliphatic heterocycles. The predicted octanol–water partition coefficient (Wildman–Crippen LogP) is 1.47. The number of unbranched alkanes of at least 4 members (excludes halogenated alkanes) is 2. The maximum absolute atomic E-state index is 13.2. The molecule has 0 saturated carbocycles. The zero-order chi connectivity index (χ0) is 33.4. The Labute approximate surface area is 270 Å². The van der Waals surface area contributed by atoms with E-state index in [1.54, 1.807) is 35.6 Å². The number of methoxy groups -OCH3 is 2. The molecule has 2 aliphatic rings. The van der Waals surface area contributed by atoms with Crippen LogP contribution in [-0.4, -0.2) is 109 Å². The molecule has 46 heavy (non-hydrogen) atoms. The van der Waals surface area contributed by atoms with E-state index in [4.69, 9.17) is 9.47 Å². The number of urea groups is 1. The van der Waals surface area contributed by atoms with Crippen LogP contribution < -0.4 is 25.7 Å². The number of carbonyl (C=O) groups is 3. The number of fused-ring (bicyclic) bond motifs is 1. The summed E-state index contributed by atoms with van der Waals surface area (Å²) in [6.07, 6.45) is 4.85. The fourth-order valence-corrected chi connectivity index (χ4v) is 6.07. The Bertz CT molecular complexity index is 1450. The Kier molecular flexibility index (Phi) is 12.1. The highest BCUT2D eigenvalue weighted by Gasteiger charge is 2.27. The highest BCUT2D eigenvalue weighted by atomic mass is 16.5. The van der Waals surface area contributed by atoms with Gasteiger partial charge >= 0.3 is 6.03 Å². The first-order chi connectivity index (χ1) is 22.0. The van der Waals surface area contributed by atoms with Gasteiger partial charge in [-0.25, -0.2) is 4.79 Å². The molecule has 1 unspecified atom stereocenters. The fourth-order valence-electron chi connectivity index (χ4n) is 6.07. The number of carbonyl (C=O) groups excluding carboxylic acids is 3. The van der Waals surface area contributed by atoms with E-state index < -0.39 is 6.10 Å². The van der Waals surface area contributed by atoms with E-state index in [9.17, 15) is 24.3 Å². The zero-order valence-electron chi connectivity index (χ0n) is 27.7. The van der Waals surface area contributed by atoms with Crippen LogP contribution in [0, 0.1) is 0 Å². The number of nitrogens with zero attached hydrogens (tertiary/aromatic N) is 4. The summed E-state index contributed by atoms with van der Waals surface area (Å²) in [6, 6.07) is 3.73. The van der Waals surface area contributed by atoms with E-state index in [1.165, 1.54) is 0 Å². The molecule has 13 nitrogen and oxygen atoms in total. The molecule has 252 valence electrons. The van der Waals surface area contributed by atoms with Gasteiger partial charge in [0.1, 0.15) is 11.5 Å². The van der Waals surface area contributed by atoms with Gasteiger partial charge in [-0.1, -0.05) is 6.42 Å². The minimum Gasteiger partial charge on any atom is -0.496 e. The lowest BCUT2D eigenvalue weighted by Crippen LogP contribution is -2.45. The summed E-state index contributed by atoms with van der Waals surface area (Å²) in [6.45, 7) is 2.56. The summed E-state index contributed by atoms with van der Waals surface area (Å²) in [5.41, 5.74) is 4.13. The lowest BCUT2D eigenvalue weighted by atomic mass is 9.91. The number of benzene rings is 1. The molecule has 13 heteroatoms. The number of aryl methyl sites for hydroxylation is 1. The van der Waals surface area contributed by atoms with Crippen LogP contribution in [0.3, 0.4) is 0 Å². The van der Waals surface area contributed by atoms with Gasteiger partial charge in [-0.3, -0.25) is 14.4 Å². The van der Waals surface area contributed by atoms with Gasteiger partial charge in [0.05, 0.1) is 39.0 Å². The van der Waals surface area contributed by atoms with Crippen LogP contribution in [0.1, 0.15) is 48.8 Å². The van der Waals surface area contributed by atoms with Gasteiger partial charge in [-0.2, -0.15) is 0 Å². The molecule has 1 saturated heterocycles. The van der Waals surface area contributed by atoms with Crippen molar-refractivity contribution in [2.45, 2.75) is 57.7 Å². The van der Waals surface area contributed by atoms with E-state index in [1.807, 2.05) is 37.3 Å². The van der Waals surface area contributed by atoms with E-state index in [2.05, 4.69) is 10.6 Å². The van der Waals surface area contributed by atoms with Crippen molar-refractivity contribution in [3.05, 3.63) is 45.4 Å². The van der Waals surface area contributed by atoms with Gasteiger partial charge in [0.15, 0.2) is 0 Å². The standard InChI is InChI=1S/C33H48N6O7/c1-36(2)19-27-28(45-4)15-22(16-29(27)46-5)25-20-37(3)32(43)26-21-39(14-11-24(25)26)33(44)34-12-8-6-7-9-30(41)35-17-31(42)38-13-10-23(40)18-38/h15-16,20,23,40H,6-14,17-19,21H2,1-5H3,(H,34,44)(H,35,41). The lowest BCUT2D eigenvalue weighted by Gasteiger charge is -2.30. The number of likely N-dealkylation sites (tertiary alicyclic amines) is 1. The van der Waals surface area contributed by atoms with Gasteiger partial charge in [-0.15, -0.1) is 0 Å². The number of hydrogen-bond acceptors (Lipinski definition) is 8. The topological polar surface area (TPSA) is 146 Å². The first-order valence-corrected chi connectivity index (χ1v) is 15.9. The van der Waals surface area contributed by atoms with Gasteiger partial charge in [0.2, 0.25) is 11.8 Å². The van der Waals surface area contributed by atoms with Crippen LogP contribution in [0.25, 0.3) is 11.1 Å². The molecule has 3 N–H and O–H groups in total. The van der Waals surface area contributed by atoms with Crippen molar-refractivity contribution in [1.29, 1.82) is 0 Å². The Hall–Kier alpha value is -4.10. The van der Waals surface area contributed by atoms with E-state index in [0.29, 0.717) is 81.9 Å². The third kappa shape index (κ3) is 8.58. The molecule has 0 bridgehead atoms. The average molecular weight is 641 g/mol. The Balaban J connectivity index is 1.29. The second kappa shape index (κ2) is 15.9. The maximum atomic E-state index is 13.2. The normalized spacial score (nSPS) is 15.9. The predicted molar refractivity (Wildman–Crippen MR) is 174 cm³/mol. The van der Waals surface area contributed by atoms with Crippen molar-refractivity contribution < 1.29 is 29.0 Å². The molecule has 0 spiro atoms. The number of ether oxygens (including phenoxy) is 2. The molecule has 2 aromatic rings. The van der Waals surface area contributed by atoms with Gasteiger partial charge in [0, 0.05) is 63.5 Å². The monoisotopic (exact) mass is 640 g/mol. The lowest BCUT2D eigenvalue weighted by molar-refractivity contribution is -0.132. The molecule has 0 radical (unpaired) electrons. The number of β-amino-alcohol motifs (C(OH)–C–C–N with tert-alkyl or cyclic N) is 1. The van der Waals surface area contributed by atoms with Crippen LogP contribution >= 0.6 is 0 Å². The van der Waals surface area contributed by atoms with Crippen LogP contribution in [0.4, 0.5) is 4.79 Å². The second-order valence-electron chi connectivity index (χ2n) is 12.3. The van der Waals surface area contributed by atoms with E-state index in [-0.39, 0.29) is 36.5 Å². The number of hydrogen-bond donors (Lipinski definition) is 3. The average Bonchev–Trinajstić information content (AvgIpc) is 3.48. The number of rotatable bonds is 13. The van der Waals surface area contributed by atoms with Gasteiger partial charge in [0.25, 0.3) is 5.56 Å². The number of pyridine rings is 1. The summed E-state index contributed by atoms with van der Waals surface area (Å²) < 4.78 is 13.0. The minimum atomic E-state index is -0.483. The molecular weight excluding hydrogens is 592 g/mol. The minimum absolute atomic E-state index is 0.0589. The van der Waals surface area contributed by atoms with Crippen molar-refractivity contribution in [3.8, 4) is 22.6 Å². The van der Waals surface area contributed by atoms with E-state index >= 15 is 0 Å². The largest absolute Gasteiger partial charge is 0.496 e. The van der Waals surface area contributed by atoms with Gasteiger partial charge < -0.3 is 44.5 Å². The quantitative estimate of drug-likeness (QED) is 0.279. The van der Waals surface area contributed by atoms with Crippen molar-refractivity contribution >= 4 is 17.8 Å². The van der Waals surface area contributed by atoms with Crippen molar-refractivity contribution in [3.63, 3.8) is 0 Å². The van der Waals surface area contributed by atoms with Crippen molar-refractivity contribution in [1.82, 2.24) is 29.9 Å². The number of nitrogens with one attached hydrogen (secondary N) is 2. The molecule has 1 atom stereocenters. The molecule has 0 aliphatic carbocycles. The molecule has 4 amide bonds. The second-order valence-corrected chi connectivity index (χ2v) is 12.3. The third-order valence-electron chi connectivity index (χ3n) is 8.56.